The normalized spacial score (nSPS) is 16.4. The average Bonchev–Trinajstić information content (AvgIpc) is 3.24. The van der Waals surface area contributed by atoms with Gasteiger partial charge >= 0.3 is 0 Å². The SMILES string of the molecule is CC(C)(NC(=O)c1cccs1)C(=O)NC[C@H](c1ccncc1)N1CCOCC1. The van der Waals surface area contributed by atoms with E-state index in [0.717, 1.165) is 18.7 Å². The number of nitrogens with one attached hydrogen (secondary N) is 2. The van der Waals surface area contributed by atoms with Gasteiger partial charge in [0.25, 0.3) is 5.91 Å². The number of ether oxygens (including phenoxy) is 1. The Labute approximate surface area is 169 Å². The third-order valence-corrected chi connectivity index (χ3v) is 5.64. The van der Waals surface area contributed by atoms with Gasteiger partial charge < -0.3 is 15.4 Å². The molecule has 3 heterocycles. The summed E-state index contributed by atoms with van der Waals surface area (Å²) in [5.41, 5.74) is 0.0761. The van der Waals surface area contributed by atoms with Gasteiger partial charge in [0.1, 0.15) is 5.54 Å². The number of pyridine rings is 1. The highest BCUT2D eigenvalue weighted by Crippen LogP contribution is 2.21. The molecule has 0 aliphatic carbocycles. The Morgan fingerprint density at radius 2 is 1.96 bits per heavy atom. The molecule has 28 heavy (non-hydrogen) atoms. The van der Waals surface area contributed by atoms with E-state index in [2.05, 4.69) is 20.5 Å². The molecule has 2 aromatic heterocycles. The maximum absolute atomic E-state index is 12.8. The summed E-state index contributed by atoms with van der Waals surface area (Å²) in [5.74, 6) is -0.460. The van der Waals surface area contributed by atoms with Crippen LogP contribution in [0.15, 0.2) is 42.0 Å². The van der Waals surface area contributed by atoms with Gasteiger partial charge in [0.05, 0.1) is 24.1 Å². The first kappa shape index (κ1) is 20.4. The van der Waals surface area contributed by atoms with Crippen LogP contribution in [-0.4, -0.2) is 60.1 Å². The van der Waals surface area contributed by atoms with Gasteiger partial charge in [-0.15, -0.1) is 11.3 Å². The molecular weight excluding hydrogens is 376 g/mol. The van der Waals surface area contributed by atoms with Crippen LogP contribution in [0.4, 0.5) is 0 Å². The molecule has 0 bridgehead atoms. The first-order valence-electron chi connectivity index (χ1n) is 9.33. The van der Waals surface area contributed by atoms with Crippen molar-refractivity contribution in [1.82, 2.24) is 20.5 Å². The van der Waals surface area contributed by atoms with Crippen molar-refractivity contribution in [3.05, 3.63) is 52.5 Å². The maximum Gasteiger partial charge on any atom is 0.262 e. The molecule has 1 fully saturated rings. The van der Waals surface area contributed by atoms with Gasteiger partial charge in [0.15, 0.2) is 0 Å². The zero-order valence-corrected chi connectivity index (χ0v) is 17.0. The molecule has 7 nitrogen and oxygen atoms in total. The van der Waals surface area contributed by atoms with Gasteiger partial charge in [0.2, 0.25) is 5.91 Å². The lowest BCUT2D eigenvalue weighted by Crippen LogP contribution is -2.56. The fourth-order valence-electron chi connectivity index (χ4n) is 3.15. The summed E-state index contributed by atoms with van der Waals surface area (Å²) >= 11 is 1.35. The Bertz CT molecular complexity index is 774. The van der Waals surface area contributed by atoms with Crippen LogP contribution in [-0.2, 0) is 9.53 Å². The summed E-state index contributed by atoms with van der Waals surface area (Å²) in [4.78, 5) is 32.1. The molecule has 1 aliphatic rings. The van der Waals surface area contributed by atoms with Crippen LogP contribution in [0.5, 0.6) is 0 Å². The minimum absolute atomic E-state index is 0.0275. The van der Waals surface area contributed by atoms with Crippen molar-refractivity contribution in [1.29, 1.82) is 0 Å². The Kier molecular flexibility index (Phi) is 6.77. The molecule has 3 rings (SSSR count). The third kappa shape index (κ3) is 5.15. The van der Waals surface area contributed by atoms with Crippen molar-refractivity contribution in [2.45, 2.75) is 25.4 Å². The van der Waals surface area contributed by atoms with Crippen molar-refractivity contribution in [3.63, 3.8) is 0 Å². The highest BCUT2D eigenvalue weighted by Gasteiger charge is 2.31. The Morgan fingerprint density at radius 3 is 2.61 bits per heavy atom. The highest BCUT2D eigenvalue weighted by molar-refractivity contribution is 7.12. The van der Waals surface area contributed by atoms with Crippen molar-refractivity contribution >= 4 is 23.2 Å². The molecule has 8 heteroatoms. The zero-order chi connectivity index (χ0) is 20.0. The fourth-order valence-corrected chi connectivity index (χ4v) is 3.77. The van der Waals surface area contributed by atoms with E-state index in [4.69, 9.17) is 4.74 Å². The summed E-state index contributed by atoms with van der Waals surface area (Å²) in [6, 6.07) is 7.52. The molecule has 2 N–H and O–H groups in total. The number of thiophene rings is 1. The number of hydrogen-bond donors (Lipinski definition) is 2. The molecule has 0 unspecified atom stereocenters. The lowest BCUT2D eigenvalue weighted by atomic mass is 10.0. The van der Waals surface area contributed by atoms with Gasteiger partial charge in [0, 0.05) is 32.0 Å². The van der Waals surface area contributed by atoms with Gasteiger partial charge in [-0.3, -0.25) is 19.5 Å². The zero-order valence-electron chi connectivity index (χ0n) is 16.2. The van der Waals surface area contributed by atoms with Crippen LogP contribution in [0.25, 0.3) is 0 Å². The molecular formula is C20H26N4O3S. The highest BCUT2D eigenvalue weighted by atomic mass is 32.1. The van der Waals surface area contributed by atoms with Crippen molar-refractivity contribution in [2.24, 2.45) is 0 Å². The number of carbonyl (C=O) groups is 2. The minimum Gasteiger partial charge on any atom is -0.379 e. The fraction of sp³-hybridized carbons (Fsp3) is 0.450. The molecule has 2 amide bonds. The van der Waals surface area contributed by atoms with E-state index in [-0.39, 0.29) is 17.9 Å². The quantitative estimate of drug-likeness (QED) is 0.738. The second-order valence-corrected chi connectivity index (χ2v) is 8.16. The average molecular weight is 403 g/mol. The standard InChI is InChI=1S/C20H26N4O3S/c1-20(2,23-18(25)17-4-3-13-28-17)19(26)22-14-16(15-5-7-21-8-6-15)24-9-11-27-12-10-24/h3-8,13,16H,9-12,14H2,1-2H3,(H,22,26)(H,23,25)/t16-/m1/s1. The smallest absolute Gasteiger partial charge is 0.262 e. The molecule has 1 saturated heterocycles. The number of morpholine rings is 1. The van der Waals surface area contributed by atoms with E-state index < -0.39 is 5.54 Å². The van der Waals surface area contributed by atoms with Crippen LogP contribution < -0.4 is 10.6 Å². The van der Waals surface area contributed by atoms with E-state index in [9.17, 15) is 9.59 Å². The van der Waals surface area contributed by atoms with Crippen LogP contribution in [0.1, 0.15) is 35.1 Å². The summed E-state index contributed by atoms with van der Waals surface area (Å²) < 4.78 is 5.46. The number of hydrogen-bond acceptors (Lipinski definition) is 6. The number of aromatic nitrogens is 1. The number of amides is 2. The van der Waals surface area contributed by atoms with Crippen molar-refractivity contribution < 1.29 is 14.3 Å². The predicted octanol–water partition coefficient (Wildman–Crippen LogP) is 1.84. The maximum atomic E-state index is 12.8. The van der Waals surface area contributed by atoms with Gasteiger partial charge in [-0.25, -0.2) is 0 Å². The van der Waals surface area contributed by atoms with Crippen LogP contribution >= 0.6 is 11.3 Å². The molecule has 150 valence electrons. The second-order valence-electron chi connectivity index (χ2n) is 7.21. The molecule has 2 aromatic rings. The minimum atomic E-state index is -1.02. The van der Waals surface area contributed by atoms with E-state index in [1.54, 1.807) is 32.3 Å². The van der Waals surface area contributed by atoms with E-state index in [0.29, 0.717) is 24.6 Å². The van der Waals surface area contributed by atoms with Gasteiger partial charge in [-0.2, -0.15) is 0 Å². The first-order valence-corrected chi connectivity index (χ1v) is 10.2. The largest absolute Gasteiger partial charge is 0.379 e. The summed E-state index contributed by atoms with van der Waals surface area (Å²) in [6.07, 6.45) is 3.52. The van der Waals surface area contributed by atoms with Gasteiger partial charge in [-0.1, -0.05) is 6.07 Å². The molecule has 0 radical (unpaired) electrons. The van der Waals surface area contributed by atoms with Crippen LogP contribution in [0.3, 0.4) is 0 Å². The molecule has 1 aliphatic heterocycles. The monoisotopic (exact) mass is 402 g/mol. The summed E-state index contributed by atoms with van der Waals surface area (Å²) in [5, 5.41) is 7.67. The van der Waals surface area contributed by atoms with E-state index in [1.807, 2.05) is 23.6 Å². The first-order chi connectivity index (χ1) is 13.5. The topological polar surface area (TPSA) is 83.6 Å². The molecule has 0 saturated carbocycles. The number of carbonyl (C=O) groups excluding carboxylic acids is 2. The molecule has 0 aromatic carbocycles. The number of rotatable bonds is 7. The Morgan fingerprint density at radius 1 is 1.25 bits per heavy atom. The van der Waals surface area contributed by atoms with E-state index >= 15 is 0 Å². The van der Waals surface area contributed by atoms with Crippen molar-refractivity contribution in [2.75, 3.05) is 32.8 Å². The molecule has 1 atom stereocenters. The second kappa shape index (κ2) is 9.27. The Hall–Kier alpha value is -2.29. The Balaban J connectivity index is 1.64. The number of nitrogens with zero attached hydrogens (tertiary/aromatic N) is 2. The van der Waals surface area contributed by atoms with Crippen LogP contribution in [0, 0.1) is 0 Å². The summed E-state index contributed by atoms with van der Waals surface area (Å²) in [7, 11) is 0. The van der Waals surface area contributed by atoms with Gasteiger partial charge in [-0.05, 0) is 43.0 Å². The predicted molar refractivity (Wildman–Crippen MR) is 108 cm³/mol. The summed E-state index contributed by atoms with van der Waals surface area (Å²) in [6.45, 7) is 6.84. The van der Waals surface area contributed by atoms with E-state index in [1.165, 1.54) is 11.3 Å². The lowest BCUT2D eigenvalue weighted by Gasteiger charge is -2.35. The third-order valence-electron chi connectivity index (χ3n) is 4.77. The lowest BCUT2D eigenvalue weighted by molar-refractivity contribution is -0.126. The van der Waals surface area contributed by atoms with Crippen LogP contribution in [0.2, 0.25) is 0 Å². The van der Waals surface area contributed by atoms with Crippen molar-refractivity contribution in [3.8, 4) is 0 Å². The molecule has 0 spiro atoms.